The van der Waals surface area contributed by atoms with Crippen molar-refractivity contribution in [3.8, 4) is 0 Å². The van der Waals surface area contributed by atoms with Crippen molar-refractivity contribution >= 4 is 11.3 Å². The SMILES string of the molecule is CCc1ccc(C(O)C(C)(C)N)s1. The molecule has 0 aliphatic carbocycles. The molecule has 3 N–H and O–H groups in total. The quantitative estimate of drug-likeness (QED) is 0.783. The van der Waals surface area contributed by atoms with E-state index in [1.54, 1.807) is 11.3 Å². The van der Waals surface area contributed by atoms with Gasteiger partial charge in [-0.1, -0.05) is 6.92 Å². The minimum absolute atomic E-state index is 0.558. The van der Waals surface area contributed by atoms with Gasteiger partial charge in [-0.25, -0.2) is 0 Å². The summed E-state index contributed by atoms with van der Waals surface area (Å²) in [6, 6.07) is 4.01. The molecule has 3 heteroatoms. The highest BCUT2D eigenvalue weighted by Gasteiger charge is 2.25. The third-order valence-corrected chi connectivity index (χ3v) is 3.29. The van der Waals surface area contributed by atoms with Crippen LogP contribution in [0.15, 0.2) is 12.1 Å². The second kappa shape index (κ2) is 3.78. The van der Waals surface area contributed by atoms with E-state index in [9.17, 15) is 5.11 Å². The molecule has 13 heavy (non-hydrogen) atoms. The van der Waals surface area contributed by atoms with Gasteiger partial charge in [0.15, 0.2) is 0 Å². The van der Waals surface area contributed by atoms with Crippen molar-refractivity contribution in [2.24, 2.45) is 5.73 Å². The highest BCUT2D eigenvalue weighted by molar-refractivity contribution is 7.12. The summed E-state index contributed by atoms with van der Waals surface area (Å²) < 4.78 is 0. The third kappa shape index (κ3) is 2.53. The molecule has 0 fully saturated rings. The normalized spacial score (nSPS) is 14.5. The molecule has 0 amide bonds. The molecular weight excluding hydrogens is 182 g/mol. The Hall–Kier alpha value is -0.380. The molecule has 0 saturated carbocycles. The van der Waals surface area contributed by atoms with Crippen LogP contribution in [0.1, 0.15) is 36.6 Å². The van der Waals surface area contributed by atoms with E-state index in [0.717, 1.165) is 11.3 Å². The Morgan fingerprint density at radius 1 is 1.54 bits per heavy atom. The number of aryl methyl sites for hydroxylation is 1. The van der Waals surface area contributed by atoms with E-state index in [2.05, 4.69) is 13.0 Å². The monoisotopic (exact) mass is 199 g/mol. The van der Waals surface area contributed by atoms with Crippen LogP contribution >= 0.6 is 11.3 Å². The van der Waals surface area contributed by atoms with Crippen LogP contribution in [0.5, 0.6) is 0 Å². The standard InChI is InChI=1S/C10H17NOS/c1-4-7-5-6-8(13-7)9(12)10(2,3)11/h5-6,9,12H,4,11H2,1-3H3. The van der Waals surface area contributed by atoms with Gasteiger partial charge in [0.1, 0.15) is 6.10 Å². The summed E-state index contributed by atoms with van der Waals surface area (Å²) in [5.74, 6) is 0. The van der Waals surface area contributed by atoms with Gasteiger partial charge in [0.2, 0.25) is 0 Å². The summed E-state index contributed by atoms with van der Waals surface area (Å²) in [5, 5.41) is 9.85. The van der Waals surface area contributed by atoms with Crippen LogP contribution in [0.2, 0.25) is 0 Å². The Kier molecular flexibility index (Phi) is 3.11. The fourth-order valence-electron chi connectivity index (χ4n) is 1.10. The van der Waals surface area contributed by atoms with Crippen molar-refractivity contribution in [2.75, 3.05) is 0 Å². The molecule has 0 aliphatic heterocycles. The van der Waals surface area contributed by atoms with E-state index in [1.807, 2.05) is 19.9 Å². The van der Waals surface area contributed by atoms with Crippen molar-refractivity contribution < 1.29 is 5.11 Å². The van der Waals surface area contributed by atoms with Crippen LogP contribution < -0.4 is 5.73 Å². The van der Waals surface area contributed by atoms with Crippen LogP contribution in [-0.4, -0.2) is 10.6 Å². The van der Waals surface area contributed by atoms with Crippen LogP contribution in [-0.2, 0) is 6.42 Å². The molecular formula is C10H17NOS. The summed E-state index contributed by atoms with van der Waals surface area (Å²) in [5.41, 5.74) is 5.26. The fourth-order valence-corrected chi connectivity index (χ4v) is 2.23. The van der Waals surface area contributed by atoms with E-state index in [0.29, 0.717) is 0 Å². The third-order valence-electron chi connectivity index (χ3n) is 2.01. The molecule has 0 spiro atoms. The summed E-state index contributed by atoms with van der Waals surface area (Å²) in [7, 11) is 0. The zero-order valence-corrected chi connectivity index (χ0v) is 9.19. The van der Waals surface area contributed by atoms with Gasteiger partial charge in [-0.05, 0) is 32.4 Å². The first-order chi connectivity index (χ1) is 5.95. The van der Waals surface area contributed by atoms with Crippen molar-refractivity contribution in [3.05, 3.63) is 21.9 Å². The van der Waals surface area contributed by atoms with Gasteiger partial charge in [-0.3, -0.25) is 0 Å². The first-order valence-corrected chi connectivity index (χ1v) is 5.32. The number of aliphatic hydroxyl groups excluding tert-OH is 1. The second-order valence-electron chi connectivity index (χ2n) is 3.88. The molecule has 1 heterocycles. The van der Waals surface area contributed by atoms with Crippen LogP contribution in [0.3, 0.4) is 0 Å². The Morgan fingerprint density at radius 3 is 2.54 bits per heavy atom. The van der Waals surface area contributed by atoms with Crippen LogP contribution in [0.4, 0.5) is 0 Å². The molecule has 0 saturated heterocycles. The molecule has 0 aromatic carbocycles. The van der Waals surface area contributed by atoms with Gasteiger partial charge in [0, 0.05) is 15.3 Å². The lowest BCUT2D eigenvalue weighted by molar-refractivity contribution is 0.108. The molecule has 1 aromatic rings. The van der Waals surface area contributed by atoms with Gasteiger partial charge in [0.25, 0.3) is 0 Å². The topological polar surface area (TPSA) is 46.2 Å². The Labute approximate surface area is 83.4 Å². The van der Waals surface area contributed by atoms with Crippen molar-refractivity contribution in [1.82, 2.24) is 0 Å². The first kappa shape index (κ1) is 10.7. The van der Waals surface area contributed by atoms with Crippen LogP contribution in [0.25, 0.3) is 0 Å². The van der Waals surface area contributed by atoms with E-state index in [-0.39, 0.29) is 0 Å². The highest BCUT2D eigenvalue weighted by Crippen LogP contribution is 2.29. The lowest BCUT2D eigenvalue weighted by Crippen LogP contribution is -2.38. The lowest BCUT2D eigenvalue weighted by Gasteiger charge is -2.24. The van der Waals surface area contributed by atoms with Gasteiger partial charge >= 0.3 is 0 Å². The van der Waals surface area contributed by atoms with Gasteiger partial charge < -0.3 is 10.8 Å². The first-order valence-electron chi connectivity index (χ1n) is 4.50. The second-order valence-corrected chi connectivity index (χ2v) is 5.08. The summed E-state index contributed by atoms with van der Waals surface area (Å²) >= 11 is 1.64. The average Bonchev–Trinajstić information content (AvgIpc) is 2.48. The molecule has 1 rings (SSSR count). The number of aliphatic hydroxyl groups is 1. The number of hydrogen-bond donors (Lipinski definition) is 2. The zero-order valence-electron chi connectivity index (χ0n) is 8.37. The Balaban J connectivity index is 2.83. The molecule has 0 bridgehead atoms. The average molecular weight is 199 g/mol. The molecule has 0 radical (unpaired) electrons. The number of hydrogen-bond acceptors (Lipinski definition) is 3. The molecule has 2 nitrogen and oxygen atoms in total. The Bertz CT molecular complexity index is 275. The van der Waals surface area contributed by atoms with Crippen molar-refractivity contribution in [3.63, 3.8) is 0 Å². The van der Waals surface area contributed by atoms with E-state index in [4.69, 9.17) is 5.73 Å². The predicted octanol–water partition coefficient (Wildman–Crippen LogP) is 2.08. The zero-order chi connectivity index (χ0) is 10.1. The molecule has 74 valence electrons. The molecule has 1 unspecified atom stereocenters. The molecule has 1 aromatic heterocycles. The summed E-state index contributed by atoms with van der Waals surface area (Å²) in [4.78, 5) is 2.25. The maximum absolute atomic E-state index is 9.85. The summed E-state index contributed by atoms with van der Waals surface area (Å²) in [6.45, 7) is 5.78. The minimum atomic E-state index is -0.560. The highest BCUT2D eigenvalue weighted by atomic mass is 32.1. The molecule has 1 atom stereocenters. The Morgan fingerprint density at radius 2 is 2.15 bits per heavy atom. The lowest BCUT2D eigenvalue weighted by atomic mass is 9.98. The smallest absolute Gasteiger partial charge is 0.105 e. The largest absolute Gasteiger partial charge is 0.386 e. The van der Waals surface area contributed by atoms with Crippen molar-refractivity contribution in [1.29, 1.82) is 0 Å². The number of rotatable bonds is 3. The minimum Gasteiger partial charge on any atom is -0.386 e. The van der Waals surface area contributed by atoms with Crippen molar-refractivity contribution in [2.45, 2.75) is 38.8 Å². The van der Waals surface area contributed by atoms with E-state index >= 15 is 0 Å². The number of thiophene rings is 1. The number of nitrogens with two attached hydrogens (primary N) is 1. The maximum atomic E-state index is 9.85. The molecule has 0 aliphatic rings. The fraction of sp³-hybridized carbons (Fsp3) is 0.600. The van der Waals surface area contributed by atoms with E-state index in [1.165, 1.54) is 4.88 Å². The maximum Gasteiger partial charge on any atom is 0.105 e. The summed E-state index contributed by atoms with van der Waals surface area (Å²) in [6.07, 6.45) is 0.459. The van der Waals surface area contributed by atoms with E-state index < -0.39 is 11.6 Å². The van der Waals surface area contributed by atoms with Gasteiger partial charge in [0.05, 0.1) is 0 Å². The van der Waals surface area contributed by atoms with Gasteiger partial charge in [-0.2, -0.15) is 0 Å². The van der Waals surface area contributed by atoms with Gasteiger partial charge in [-0.15, -0.1) is 11.3 Å². The predicted molar refractivity (Wildman–Crippen MR) is 56.9 cm³/mol. The van der Waals surface area contributed by atoms with Crippen LogP contribution in [0, 0.1) is 0 Å².